The summed E-state index contributed by atoms with van der Waals surface area (Å²) in [6, 6.07) is 8.63. The minimum Gasteiger partial charge on any atom is -0.395 e. The zero-order valence-electron chi connectivity index (χ0n) is 17.0. The van der Waals surface area contributed by atoms with Crippen molar-refractivity contribution in [1.82, 2.24) is 5.32 Å². The average molecular weight is 504 g/mol. The lowest BCUT2D eigenvalue weighted by Gasteiger charge is -2.30. The summed E-state index contributed by atoms with van der Waals surface area (Å²) in [5.41, 5.74) is 1.62. The van der Waals surface area contributed by atoms with Crippen LogP contribution in [-0.2, 0) is 9.58 Å². The van der Waals surface area contributed by atoms with Crippen molar-refractivity contribution in [2.75, 3.05) is 6.61 Å². The summed E-state index contributed by atoms with van der Waals surface area (Å²) in [7, 11) is 0. The van der Waals surface area contributed by atoms with Gasteiger partial charge in [0.1, 0.15) is 12.9 Å². The topological polar surface area (TPSA) is 63.0 Å². The van der Waals surface area contributed by atoms with Gasteiger partial charge >= 0.3 is 6.18 Å². The zero-order chi connectivity index (χ0) is 23.5. The smallest absolute Gasteiger partial charge is 0.395 e. The molecule has 0 fully saturated rings. The molecule has 11 heteroatoms. The summed E-state index contributed by atoms with van der Waals surface area (Å²) in [6.45, 7) is 3.80. The van der Waals surface area contributed by atoms with Gasteiger partial charge in [-0.05, 0) is 72.8 Å². The molecule has 2 aromatic rings. The zero-order valence-corrected chi connectivity index (χ0v) is 19.3. The molecule has 3 rings (SSSR count). The molecule has 1 aliphatic rings. The lowest BCUT2D eigenvalue weighted by Crippen LogP contribution is -2.38. The van der Waals surface area contributed by atoms with Gasteiger partial charge < -0.3 is 10.2 Å². The third kappa shape index (κ3) is 5.05. The molecule has 0 spiro atoms. The van der Waals surface area contributed by atoms with Crippen LogP contribution in [0.5, 0.6) is 0 Å². The first-order valence-corrected chi connectivity index (χ1v) is 10.9. The van der Waals surface area contributed by atoms with Crippen molar-refractivity contribution >= 4 is 53.1 Å². The van der Waals surface area contributed by atoms with Crippen LogP contribution in [0, 0.1) is 6.92 Å². The molecule has 1 atom stereocenters. The Kier molecular flexibility index (Phi) is 7.42. The number of benzene rings is 2. The Morgan fingerprint density at radius 1 is 1.28 bits per heavy atom. The molecule has 0 aromatic heterocycles. The fraction of sp³-hybridized carbons (Fsp3) is 0.286. The van der Waals surface area contributed by atoms with E-state index in [1.807, 2.05) is 0 Å². The van der Waals surface area contributed by atoms with E-state index >= 15 is 0 Å². The number of rotatable bonds is 6. The third-order valence-corrected chi connectivity index (χ3v) is 6.44. The Labute approximate surface area is 197 Å². The molecule has 0 saturated carbocycles. The van der Waals surface area contributed by atoms with E-state index in [9.17, 15) is 18.0 Å². The van der Waals surface area contributed by atoms with E-state index in [-0.39, 0.29) is 21.3 Å². The highest BCUT2D eigenvalue weighted by molar-refractivity contribution is 7.99. The van der Waals surface area contributed by atoms with E-state index in [4.69, 9.17) is 28.0 Å². The monoisotopic (exact) mass is 503 g/mol. The third-order valence-electron chi connectivity index (χ3n) is 4.77. The van der Waals surface area contributed by atoms with Gasteiger partial charge in [-0.2, -0.15) is 13.2 Å². The first-order valence-electron chi connectivity index (χ1n) is 9.41. The van der Waals surface area contributed by atoms with Crippen molar-refractivity contribution < 1.29 is 22.8 Å². The van der Waals surface area contributed by atoms with Crippen molar-refractivity contribution in [3.05, 3.63) is 68.7 Å². The van der Waals surface area contributed by atoms with Crippen molar-refractivity contribution in [3.8, 4) is 0 Å². The quantitative estimate of drug-likeness (QED) is 0.217. The second-order valence-electron chi connectivity index (χ2n) is 6.94. The number of halogens is 5. The molecule has 32 heavy (non-hydrogen) atoms. The molecule has 1 unspecified atom stereocenters. The van der Waals surface area contributed by atoms with E-state index in [1.165, 1.54) is 24.3 Å². The maximum absolute atomic E-state index is 14.2. The summed E-state index contributed by atoms with van der Waals surface area (Å²) < 4.78 is 44.5. The fourth-order valence-electron chi connectivity index (χ4n) is 3.22. The number of hydrogen-bond acceptors (Lipinski definition) is 5. The first kappa shape index (κ1) is 24.4. The molecule has 0 saturated heterocycles. The summed E-state index contributed by atoms with van der Waals surface area (Å²) in [5.74, 6) is -0.418. The standard InChI is InChI=1S/C21H18Cl2F3N3O2S/c1-3-31-28-11-27-19(30)17-5-4-13(6-12(17)2)18-10-20(32-29-18,21(24,25)26)14-7-15(22)9-16(23)8-14/h4-9,11H,3,10H2,1-2H3,(H,27,28,30). The minimum atomic E-state index is -4.61. The van der Waals surface area contributed by atoms with Crippen LogP contribution in [0.15, 0.2) is 46.0 Å². The van der Waals surface area contributed by atoms with Crippen LogP contribution in [0.4, 0.5) is 13.2 Å². The maximum atomic E-state index is 14.2. The molecule has 1 heterocycles. The van der Waals surface area contributed by atoms with E-state index in [0.29, 0.717) is 35.2 Å². The molecule has 0 aliphatic carbocycles. The largest absolute Gasteiger partial charge is 0.409 e. The van der Waals surface area contributed by atoms with Gasteiger partial charge in [0.25, 0.3) is 5.91 Å². The normalized spacial score (nSPS) is 18.7. The highest BCUT2D eigenvalue weighted by Gasteiger charge is 2.60. The number of carbonyl (C=O) groups is 1. The van der Waals surface area contributed by atoms with Crippen molar-refractivity contribution in [3.63, 3.8) is 0 Å². The van der Waals surface area contributed by atoms with Gasteiger partial charge in [-0.25, -0.2) is 4.40 Å². The van der Waals surface area contributed by atoms with E-state index in [1.54, 1.807) is 26.0 Å². The average Bonchev–Trinajstić information content (AvgIpc) is 3.17. The predicted octanol–water partition coefficient (Wildman–Crippen LogP) is 6.31. The number of aryl methyl sites for hydroxylation is 1. The number of nitrogens with zero attached hydrogens (tertiary/aromatic N) is 2. The lowest BCUT2D eigenvalue weighted by atomic mass is 9.89. The molecule has 0 radical (unpaired) electrons. The van der Waals surface area contributed by atoms with Crippen LogP contribution in [0.1, 0.15) is 40.4 Å². The Morgan fingerprint density at radius 3 is 2.56 bits per heavy atom. The van der Waals surface area contributed by atoms with Gasteiger partial charge in [-0.15, -0.1) is 0 Å². The Hall–Kier alpha value is -2.23. The summed E-state index contributed by atoms with van der Waals surface area (Å²) in [5, 5.41) is 6.24. The van der Waals surface area contributed by atoms with Gasteiger partial charge in [0, 0.05) is 22.0 Å². The Bertz CT molecular complexity index is 1070. The van der Waals surface area contributed by atoms with Gasteiger partial charge in [0.2, 0.25) is 0 Å². The number of oxime groups is 1. The summed E-state index contributed by atoms with van der Waals surface area (Å²) in [4.78, 5) is 17.0. The molecule has 1 amide bonds. The van der Waals surface area contributed by atoms with Crippen LogP contribution in [0.3, 0.4) is 0 Å². The van der Waals surface area contributed by atoms with Crippen LogP contribution in [0.2, 0.25) is 10.0 Å². The number of alkyl halides is 3. The van der Waals surface area contributed by atoms with E-state index in [0.717, 1.165) is 6.34 Å². The van der Waals surface area contributed by atoms with Gasteiger partial charge in [0.15, 0.2) is 4.75 Å². The number of carbonyl (C=O) groups excluding carboxylic acids is 1. The van der Waals surface area contributed by atoms with Crippen molar-refractivity contribution in [1.29, 1.82) is 0 Å². The minimum absolute atomic E-state index is 0.0624. The second kappa shape index (κ2) is 9.72. The molecular weight excluding hydrogens is 486 g/mol. The van der Waals surface area contributed by atoms with Crippen molar-refractivity contribution in [2.24, 2.45) is 9.55 Å². The number of amides is 1. The first-order chi connectivity index (χ1) is 15.1. The maximum Gasteiger partial charge on any atom is 0.409 e. The Morgan fingerprint density at radius 2 is 1.97 bits per heavy atom. The van der Waals surface area contributed by atoms with Crippen molar-refractivity contribution in [2.45, 2.75) is 31.2 Å². The van der Waals surface area contributed by atoms with Gasteiger partial charge in [0.05, 0.1) is 5.71 Å². The van der Waals surface area contributed by atoms with E-state index < -0.39 is 23.3 Å². The highest BCUT2D eigenvalue weighted by atomic mass is 35.5. The Balaban J connectivity index is 1.87. The van der Waals surface area contributed by atoms with E-state index in [2.05, 4.69) is 14.9 Å². The van der Waals surface area contributed by atoms with Gasteiger partial charge in [-0.3, -0.25) is 4.79 Å². The van der Waals surface area contributed by atoms with Crippen LogP contribution < -0.4 is 5.32 Å². The predicted molar refractivity (Wildman–Crippen MR) is 122 cm³/mol. The SMILES string of the molecule is CCO/N=C/NC(=O)c1ccc(C2=NSC(c3cc(Cl)cc(Cl)c3)(C(F)(F)F)C2)cc1C. The number of hydrogen-bond donors (Lipinski definition) is 1. The molecule has 5 nitrogen and oxygen atoms in total. The molecule has 1 aliphatic heterocycles. The summed E-state index contributed by atoms with van der Waals surface area (Å²) >= 11 is 12.4. The van der Waals surface area contributed by atoms with Crippen LogP contribution >= 0.6 is 35.1 Å². The van der Waals surface area contributed by atoms with Crippen LogP contribution in [-0.4, -0.2) is 30.7 Å². The van der Waals surface area contributed by atoms with Gasteiger partial charge in [-0.1, -0.05) is 34.4 Å². The lowest BCUT2D eigenvalue weighted by molar-refractivity contribution is -0.159. The molecular formula is C21H18Cl2F3N3O2S. The fourth-order valence-corrected chi connectivity index (χ4v) is 4.71. The molecule has 1 N–H and O–H groups in total. The molecule has 170 valence electrons. The second-order valence-corrected chi connectivity index (χ2v) is 8.88. The number of nitrogens with one attached hydrogen (secondary N) is 1. The molecule has 2 aromatic carbocycles. The molecule has 0 bridgehead atoms. The highest BCUT2D eigenvalue weighted by Crippen LogP contribution is 2.57. The van der Waals surface area contributed by atoms with Crippen LogP contribution in [0.25, 0.3) is 0 Å². The summed E-state index contributed by atoms with van der Waals surface area (Å²) in [6.07, 6.45) is -3.87.